The zero-order chi connectivity index (χ0) is 30.5. The molecule has 1 amide bonds. The predicted molar refractivity (Wildman–Crippen MR) is 165 cm³/mol. The molecule has 1 fully saturated rings. The Morgan fingerprint density at radius 2 is 1.84 bits per heavy atom. The normalized spacial score (nSPS) is 19.9. The molecule has 0 unspecified atom stereocenters. The van der Waals surface area contributed by atoms with Crippen LogP contribution >= 0.6 is 11.8 Å². The fourth-order valence-electron chi connectivity index (χ4n) is 5.52. The number of amidine groups is 1. The zero-order valence-electron chi connectivity index (χ0n) is 24.9. The van der Waals surface area contributed by atoms with Gasteiger partial charge in [-0.1, -0.05) is 42.1 Å². The van der Waals surface area contributed by atoms with E-state index in [2.05, 4.69) is 0 Å². The fraction of sp³-hybridized carbons (Fsp3) is 0.394. The van der Waals surface area contributed by atoms with Crippen LogP contribution in [0.15, 0.2) is 82.0 Å². The number of hydrogen-bond acceptors (Lipinski definition) is 9. The fourth-order valence-corrected chi connectivity index (χ4v) is 6.48. The molecule has 2 atom stereocenters. The summed E-state index contributed by atoms with van der Waals surface area (Å²) < 4.78 is 17.0. The Morgan fingerprint density at radius 1 is 1.07 bits per heavy atom. The standard InChI is InChI=1S/C33H37N3O6S/c1-5-40-31(38)24-12-10-16-35(19-24)28(37)18-25-20-43-33-34-22(4)29(32(39)41-21(2)3)30(36(25)33)23-11-9-15-27(17-23)42-26-13-7-6-8-14-26/h6-9,11,13-15,17,20-21,24,30H,5,10,12,16,18-19H2,1-4H3/t24-,30-/m0/s1. The summed E-state index contributed by atoms with van der Waals surface area (Å²) in [7, 11) is 0. The Balaban J connectivity index is 1.45. The lowest BCUT2D eigenvalue weighted by molar-refractivity contribution is -0.151. The molecule has 0 bridgehead atoms. The molecule has 2 aromatic carbocycles. The minimum atomic E-state index is -0.583. The summed E-state index contributed by atoms with van der Waals surface area (Å²) in [6.45, 7) is 8.46. The highest BCUT2D eigenvalue weighted by Crippen LogP contribution is 2.45. The number of fused-ring (bicyclic) bond motifs is 1. The van der Waals surface area contributed by atoms with Crippen LogP contribution in [0.1, 0.15) is 58.6 Å². The van der Waals surface area contributed by atoms with Crippen molar-refractivity contribution >= 4 is 34.8 Å². The van der Waals surface area contributed by atoms with Crippen molar-refractivity contribution in [2.45, 2.75) is 59.1 Å². The SMILES string of the molecule is CCOC(=O)[C@H]1CCCN(C(=O)CC2=CSC3=NC(C)=C(C(=O)OC(C)C)[C@H](c4cccc(Oc5ccccc5)c4)N23)C1. The van der Waals surface area contributed by atoms with Gasteiger partial charge >= 0.3 is 11.9 Å². The van der Waals surface area contributed by atoms with E-state index in [0.717, 1.165) is 17.7 Å². The summed E-state index contributed by atoms with van der Waals surface area (Å²) in [5.41, 5.74) is 2.51. The highest BCUT2D eigenvalue weighted by atomic mass is 32.2. The molecule has 0 saturated carbocycles. The van der Waals surface area contributed by atoms with Gasteiger partial charge in [-0.25, -0.2) is 9.79 Å². The average Bonchev–Trinajstić information content (AvgIpc) is 3.38. The lowest BCUT2D eigenvalue weighted by Gasteiger charge is -2.37. The number of likely N-dealkylation sites (tertiary alicyclic amines) is 1. The Morgan fingerprint density at radius 3 is 2.58 bits per heavy atom. The quantitative estimate of drug-likeness (QED) is 0.313. The highest BCUT2D eigenvalue weighted by Gasteiger charge is 2.42. The largest absolute Gasteiger partial charge is 0.466 e. The predicted octanol–water partition coefficient (Wildman–Crippen LogP) is 6.20. The average molecular weight is 604 g/mol. The van der Waals surface area contributed by atoms with Crippen LogP contribution in [0.4, 0.5) is 0 Å². The lowest BCUT2D eigenvalue weighted by atomic mass is 9.93. The molecule has 0 radical (unpaired) electrons. The summed E-state index contributed by atoms with van der Waals surface area (Å²) in [6.07, 6.45) is 1.23. The molecule has 0 aliphatic carbocycles. The van der Waals surface area contributed by atoms with Gasteiger partial charge in [-0.2, -0.15) is 0 Å². The van der Waals surface area contributed by atoms with E-state index < -0.39 is 12.0 Å². The van der Waals surface area contributed by atoms with Gasteiger partial charge in [-0.3, -0.25) is 9.59 Å². The van der Waals surface area contributed by atoms with Gasteiger partial charge in [0, 0.05) is 18.8 Å². The number of esters is 2. The molecule has 9 nitrogen and oxygen atoms in total. The van der Waals surface area contributed by atoms with Crippen molar-refractivity contribution in [2.24, 2.45) is 10.9 Å². The molecule has 0 spiro atoms. The molecule has 2 aromatic rings. The first-order chi connectivity index (χ1) is 20.7. The molecule has 226 valence electrons. The molecule has 43 heavy (non-hydrogen) atoms. The minimum absolute atomic E-state index is 0.0837. The first kappa shape index (κ1) is 30.4. The molecule has 0 aromatic heterocycles. The summed E-state index contributed by atoms with van der Waals surface area (Å²) in [6, 6.07) is 16.5. The third-order valence-corrected chi connectivity index (χ3v) is 8.33. The zero-order valence-corrected chi connectivity index (χ0v) is 25.8. The monoisotopic (exact) mass is 603 g/mol. The maximum atomic E-state index is 13.6. The number of nitrogens with zero attached hydrogens (tertiary/aromatic N) is 3. The van der Waals surface area contributed by atoms with E-state index in [0.29, 0.717) is 54.1 Å². The van der Waals surface area contributed by atoms with Crippen molar-refractivity contribution in [2.75, 3.05) is 19.7 Å². The second-order valence-corrected chi connectivity index (χ2v) is 11.8. The Hall–Kier alpha value is -4.05. The first-order valence-electron chi connectivity index (χ1n) is 14.7. The Kier molecular flexibility index (Phi) is 9.55. The number of carbonyl (C=O) groups excluding carboxylic acids is 3. The number of allylic oxidation sites excluding steroid dienone is 1. The van der Waals surface area contributed by atoms with E-state index in [1.54, 1.807) is 11.8 Å². The van der Waals surface area contributed by atoms with Crippen molar-refractivity contribution < 1.29 is 28.6 Å². The van der Waals surface area contributed by atoms with Crippen molar-refractivity contribution in [3.8, 4) is 11.5 Å². The molecular formula is C33H37N3O6S. The van der Waals surface area contributed by atoms with Gasteiger partial charge in [0.2, 0.25) is 5.91 Å². The lowest BCUT2D eigenvalue weighted by Crippen LogP contribution is -2.44. The van der Waals surface area contributed by atoms with Gasteiger partial charge in [-0.05, 0) is 75.8 Å². The number of ether oxygens (including phenoxy) is 3. The van der Waals surface area contributed by atoms with Crippen LogP contribution in [0.25, 0.3) is 0 Å². The first-order valence-corrected chi connectivity index (χ1v) is 15.6. The number of carbonyl (C=O) groups is 3. The molecule has 0 N–H and O–H groups in total. The molecule has 10 heteroatoms. The van der Waals surface area contributed by atoms with E-state index in [4.69, 9.17) is 19.2 Å². The van der Waals surface area contributed by atoms with E-state index in [1.807, 2.05) is 85.7 Å². The molecule has 3 aliphatic rings. The van der Waals surface area contributed by atoms with Crippen LogP contribution in [0.5, 0.6) is 11.5 Å². The topological polar surface area (TPSA) is 97.7 Å². The molecular weight excluding hydrogens is 566 g/mol. The summed E-state index contributed by atoms with van der Waals surface area (Å²) in [4.78, 5) is 48.0. The molecule has 1 saturated heterocycles. The number of para-hydroxylation sites is 1. The number of hydrogen-bond donors (Lipinski definition) is 0. The smallest absolute Gasteiger partial charge is 0.338 e. The maximum absolute atomic E-state index is 13.6. The van der Waals surface area contributed by atoms with E-state index >= 15 is 0 Å². The van der Waals surface area contributed by atoms with Crippen molar-refractivity contribution in [1.82, 2.24) is 9.80 Å². The highest BCUT2D eigenvalue weighted by molar-refractivity contribution is 8.16. The van der Waals surface area contributed by atoms with Crippen LogP contribution in [0, 0.1) is 5.92 Å². The van der Waals surface area contributed by atoms with E-state index in [9.17, 15) is 14.4 Å². The number of amides is 1. The summed E-state index contributed by atoms with van der Waals surface area (Å²) in [5, 5.41) is 2.61. The Labute approximate surface area is 256 Å². The van der Waals surface area contributed by atoms with Gasteiger partial charge in [-0.15, -0.1) is 0 Å². The van der Waals surface area contributed by atoms with Gasteiger partial charge in [0.25, 0.3) is 0 Å². The summed E-state index contributed by atoms with van der Waals surface area (Å²) >= 11 is 1.42. The number of piperidine rings is 1. The summed E-state index contributed by atoms with van der Waals surface area (Å²) in [5.74, 6) is 0.202. The van der Waals surface area contributed by atoms with E-state index in [1.165, 1.54) is 11.8 Å². The van der Waals surface area contributed by atoms with Crippen molar-refractivity contribution in [1.29, 1.82) is 0 Å². The van der Waals surface area contributed by atoms with Crippen LogP contribution in [0.3, 0.4) is 0 Å². The second-order valence-electron chi connectivity index (χ2n) is 10.9. The number of benzene rings is 2. The second kappa shape index (κ2) is 13.5. The third-order valence-electron chi connectivity index (χ3n) is 7.44. The van der Waals surface area contributed by atoms with Crippen molar-refractivity contribution in [3.63, 3.8) is 0 Å². The molecule has 3 heterocycles. The number of aliphatic imine (C=N–C) groups is 1. The number of thioether (sulfide) groups is 1. The number of rotatable bonds is 9. The van der Waals surface area contributed by atoms with Gasteiger partial charge in [0.15, 0.2) is 5.17 Å². The van der Waals surface area contributed by atoms with E-state index in [-0.39, 0.29) is 30.3 Å². The maximum Gasteiger partial charge on any atom is 0.338 e. The van der Waals surface area contributed by atoms with Gasteiger partial charge in [0.1, 0.15) is 11.5 Å². The van der Waals surface area contributed by atoms with Crippen molar-refractivity contribution in [3.05, 3.63) is 82.5 Å². The van der Waals surface area contributed by atoms with Crippen LogP contribution in [-0.2, 0) is 23.9 Å². The molecule has 3 aliphatic heterocycles. The minimum Gasteiger partial charge on any atom is -0.466 e. The van der Waals surface area contributed by atoms with Crippen LogP contribution in [0.2, 0.25) is 0 Å². The molecule has 5 rings (SSSR count). The third kappa shape index (κ3) is 6.96. The van der Waals surface area contributed by atoms with Gasteiger partial charge < -0.3 is 24.0 Å². The van der Waals surface area contributed by atoms with Crippen LogP contribution in [-0.4, -0.2) is 58.6 Å². The van der Waals surface area contributed by atoms with Crippen LogP contribution < -0.4 is 4.74 Å². The van der Waals surface area contributed by atoms with Gasteiger partial charge in [0.05, 0.1) is 42.4 Å². The Bertz CT molecular complexity index is 1470.